The maximum atomic E-state index is 11.2. The molecule has 1 spiro atoms. The summed E-state index contributed by atoms with van der Waals surface area (Å²) in [5.74, 6) is 0.0981. The average molecular weight is 184 g/mol. The predicted molar refractivity (Wildman–Crippen MR) is 48.2 cm³/mol. The molecular formula is C9H16N2O2. The van der Waals surface area contributed by atoms with Crippen LogP contribution in [0.1, 0.15) is 19.3 Å². The van der Waals surface area contributed by atoms with Gasteiger partial charge in [-0.05, 0) is 25.9 Å². The molecule has 2 aliphatic heterocycles. The van der Waals surface area contributed by atoms with Gasteiger partial charge in [0.05, 0.1) is 12.6 Å². The molecule has 0 bridgehead atoms. The summed E-state index contributed by atoms with van der Waals surface area (Å²) in [4.78, 5) is 11.2. The van der Waals surface area contributed by atoms with Crippen LogP contribution in [0.15, 0.2) is 0 Å². The van der Waals surface area contributed by atoms with Crippen molar-refractivity contribution < 1.29 is 9.90 Å². The van der Waals surface area contributed by atoms with E-state index in [0.29, 0.717) is 6.42 Å². The van der Waals surface area contributed by atoms with Crippen LogP contribution in [0.5, 0.6) is 0 Å². The van der Waals surface area contributed by atoms with Crippen molar-refractivity contribution in [1.82, 2.24) is 10.6 Å². The molecule has 0 aliphatic carbocycles. The monoisotopic (exact) mass is 184 g/mol. The van der Waals surface area contributed by atoms with Crippen LogP contribution in [0.3, 0.4) is 0 Å². The van der Waals surface area contributed by atoms with E-state index in [-0.39, 0.29) is 24.0 Å². The Balaban J connectivity index is 2.13. The molecule has 1 atom stereocenters. The molecule has 4 heteroatoms. The van der Waals surface area contributed by atoms with Crippen molar-refractivity contribution in [3.8, 4) is 0 Å². The Hall–Kier alpha value is -0.610. The fourth-order valence-corrected chi connectivity index (χ4v) is 2.53. The summed E-state index contributed by atoms with van der Waals surface area (Å²) in [5, 5.41) is 15.3. The topological polar surface area (TPSA) is 61.4 Å². The Bertz CT molecular complexity index is 212. The van der Waals surface area contributed by atoms with Crippen molar-refractivity contribution >= 4 is 5.91 Å². The highest BCUT2D eigenvalue weighted by Gasteiger charge is 2.46. The van der Waals surface area contributed by atoms with Crippen LogP contribution < -0.4 is 10.6 Å². The highest BCUT2D eigenvalue weighted by molar-refractivity contribution is 5.80. The molecule has 0 saturated carbocycles. The van der Waals surface area contributed by atoms with Crippen LogP contribution in [0, 0.1) is 5.41 Å². The molecule has 0 aromatic rings. The zero-order valence-electron chi connectivity index (χ0n) is 7.68. The van der Waals surface area contributed by atoms with Crippen molar-refractivity contribution in [3.63, 3.8) is 0 Å². The van der Waals surface area contributed by atoms with Crippen LogP contribution in [0.2, 0.25) is 0 Å². The number of amides is 1. The smallest absolute Gasteiger partial charge is 0.220 e. The highest BCUT2D eigenvalue weighted by atomic mass is 16.3. The molecule has 1 unspecified atom stereocenters. The van der Waals surface area contributed by atoms with Gasteiger partial charge in [0.15, 0.2) is 0 Å². The number of carbonyl (C=O) groups is 1. The quantitative estimate of drug-likeness (QED) is 0.502. The van der Waals surface area contributed by atoms with Gasteiger partial charge in [0.1, 0.15) is 0 Å². The average Bonchev–Trinajstić information content (AvgIpc) is 2.43. The van der Waals surface area contributed by atoms with Gasteiger partial charge in [0.2, 0.25) is 5.91 Å². The fraction of sp³-hybridized carbons (Fsp3) is 0.889. The number of hydrogen-bond donors (Lipinski definition) is 3. The number of aliphatic hydroxyl groups is 1. The van der Waals surface area contributed by atoms with Crippen LogP contribution >= 0.6 is 0 Å². The molecular weight excluding hydrogens is 168 g/mol. The van der Waals surface area contributed by atoms with E-state index >= 15 is 0 Å². The number of carbonyl (C=O) groups excluding carboxylic acids is 1. The molecule has 4 nitrogen and oxygen atoms in total. The van der Waals surface area contributed by atoms with Crippen LogP contribution in [-0.2, 0) is 4.79 Å². The summed E-state index contributed by atoms with van der Waals surface area (Å²) in [5.41, 5.74) is 0.0388. The van der Waals surface area contributed by atoms with E-state index in [1.165, 1.54) is 0 Å². The molecule has 2 rings (SSSR count). The van der Waals surface area contributed by atoms with E-state index in [1.54, 1.807) is 0 Å². The van der Waals surface area contributed by atoms with E-state index in [4.69, 9.17) is 5.11 Å². The first kappa shape index (κ1) is 8.97. The number of nitrogens with one attached hydrogen (secondary N) is 2. The second kappa shape index (κ2) is 3.27. The SMILES string of the molecule is O=C1CC2(CCNCC2)C(CO)N1. The first-order valence-electron chi connectivity index (χ1n) is 4.88. The number of rotatable bonds is 1. The lowest BCUT2D eigenvalue weighted by Crippen LogP contribution is -2.46. The highest BCUT2D eigenvalue weighted by Crippen LogP contribution is 2.39. The molecule has 0 aromatic heterocycles. The van der Waals surface area contributed by atoms with Crippen LogP contribution in [0.4, 0.5) is 0 Å². The number of aliphatic hydroxyl groups excluding tert-OH is 1. The van der Waals surface area contributed by atoms with Gasteiger partial charge in [-0.2, -0.15) is 0 Å². The van der Waals surface area contributed by atoms with Gasteiger partial charge in [-0.1, -0.05) is 0 Å². The molecule has 1 amide bonds. The van der Waals surface area contributed by atoms with Crippen molar-refractivity contribution in [2.24, 2.45) is 5.41 Å². The molecule has 0 aromatic carbocycles. The molecule has 0 radical (unpaired) electrons. The Labute approximate surface area is 77.7 Å². The van der Waals surface area contributed by atoms with E-state index in [0.717, 1.165) is 25.9 Å². The summed E-state index contributed by atoms with van der Waals surface area (Å²) in [7, 11) is 0. The molecule has 2 heterocycles. The standard InChI is InChI=1S/C9H16N2O2/c12-6-7-9(5-8(13)11-7)1-3-10-4-2-9/h7,10,12H,1-6H2,(H,11,13). The number of hydrogen-bond acceptors (Lipinski definition) is 3. The molecule has 3 N–H and O–H groups in total. The lowest BCUT2D eigenvalue weighted by molar-refractivity contribution is -0.119. The second-order valence-corrected chi connectivity index (χ2v) is 4.09. The fourth-order valence-electron chi connectivity index (χ4n) is 2.53. The van der Waals surface area contributed by atoms with E-state index < -0.39 is 0 Å². The minimum absolute atomic E-state index is 0.0119. The zero-order chi connectivity index (χ0) is 9.31. The minimum atomic E-state index is -0.0119. The van der Waals surface area contributed by atoms with Gasteiger partial charge in [-0.25, -0.2) is 0 Å². The lowest BCUT2D eigenvalue weighted by Gasteiger charge is -2.36. The Morgan fingerprint density at radius 1 is 1.46 bits per heavy atom. The molecule has 2 saturated heterocycles. The molecule has 2 aliphatic rings. The van der Waals surface area contributed by atoms with Gasteiger partial charge < -0.3 is 15.7 Å². The minimum Gasteiger partial charge on any atom is -0.394 e. The van der Waals surface area contributed by atoms with Crippen LogP contribution in [0.25, 0.3) is 0 Å². The van der Waals surface area contributed by atoms with Gasteiger partial charge in [-0.3, -0.25) is 4.79 Å². The Morgan fingerprint density at radius 2 is 2.15 bits per heavy atom. The van der Waals surface area contributed by atoms with Crippen molar-refractivity contribution in [3.05, 3.63) is 0 Å². The molecule has 74 valence electrons. The predicted octanol–water partition coefficient (Wildman–Crippen LogP) is -0.763. The van der Waals surface area contributed by atoms with Gasteiger partial charge in [-0.15, -0.1) is 0 Å². The van der Waals surface area contributed by atoms with Gasteiger partial charge in [0.25, 0.3) is 0 Å². The van der Waals surface area contributed by atoms with Gasteiger partial charge >= 0.3 is 0 Å². The zero-order valence-corrected chi connectivity index (χ0v) is 7.68. The lowest BCUT2D eigenvalue weighted by atomic mass is 9.73. The first-order chi connectivity index (χ1) is 6.27. The normalized spacial score (nSPS) is 32.1. The third kappa shape index (κ3) is 1.44. The van der Waals surface area contributed by atoms with E-state index in [2.05, 4.69) is 10.6 Å². The maximum absolute atomic E-state index is 11.2. The third-order valence-corrected chi connectivity index (χ3v) is 3.37. The summed E-state index contributed by atoms with van der Waals surface area (Å²) < 4.78 is 0. The van der Waals surface area contributed by atoms with E-state index in [1.807, 2.05) is 0 Å². The van der Waals surface area contributed by atoms with Gasteiger partial charge in [0, 0.05) is 11.8 Å². The third-order valence-electron chi connectivity index (χ3n) is 3.37. The summed E-state index contributed by atoms with van der Waals surface area (Å²) in [6.45, 7) is 2.00. The summed E-state index contributed by atoms with van der Waals surface area (Å²) >= 11 is 0. The van der Waals surface area contributed by atoms with Crippen LogP contribution in [-0.4, -0.2) is 36.8 Å². The Morgan fingerprint density at radius 3 is 2.77 bits per heavy atom. The van der Waals surface area contributed by atoms with Crippen molar-refractivity contribution in [1.29, 1.82) is 0 Å². The first-order valence-corrected chi connectivity index (χ1v) is 4.88. The Kier molecular flexibility index (Phi) is 2.26. The van der Waals surface area contributed by atoms with Crippen molar-refractivity contribution in [2.75, 3.05) is 19.7 Å². The summed E-state index contributed by atoms with van der Waals surface area (Å²) in [6.07, 6.45) is 2.59. The molecule has 2 fully saturated rings. The second-order valence-electron chi connectivity index (χ2n) is 4.09. The number of piperidine rings is 1. The molecule has 13 heavy (non-hydrogen) atoms. The van der Waals surface area contributed by atoms with E-state index in [9.17, 15) is 4.79 Å². The van der Waals surface area contributed by atoms with Crippen molar-refractivity contribution in [2.45, 2.75) is 25.3 Å². The maximum Gasteiger partial charge on any atom is 0.220 e. The summed E-state index contributed by atoms with van der Waals surface area (Å²) in [6, 6.07) is -0.0119. The largest absolute Gasteiger partial charge is 0.394 e.